The lowest BCUT2D eigenvalue weighted by Crippen LogP contribution is -1.85. The third kappa shape index (κ3) is 1.99. The second-order valence-electron chi connectivity index (χ2n) is 4.95. The van der Waals surface area contributed by atoms with Crippen molar-refractivity contribution in [3.63, 3.8) is 0 Å². The summed E-state index contributed by atoms with van der Waals surface area (Å²) >= 11 is 0. The fraction of sp³-hybridized carbons (Fsp3) is 0.222. The molecule has 0 aromatic heterocycles. The van der Waals surface area contributed by atoms with E-state index < -0.39 is 0 Å². The van der Waals surface area contributed by atoms with Crippen molar-refractivity contribution in [2.45, 2.75) is 26.2 Å². The predicted octanol–water partition coefficient (Wildman–Crippen LogP) is 5.34. The quantitative estimate of drug-likeness (QED) is 0.537. The number of rotatable bonds is 3. The highest BCUT2D eigenvalue weighted by molar-refractivity contribution is 6.07. The van der Waals surface area contributed by atoms with Gasteiger partial charge in [-0.25, -0.2) is 0 Å². The summed E-state index contributed by atoms with van der Waals surface area (Å²) in [5, 5.41) is 5.42. The van der Waals surface area contributed by atoms with Gasteiger partial charge in [0.05, 0.1) is 0 Å². The van der Waals surface area contributed by atoms with E-state index in [4.69, 9.17) is 0 Å². The average molecular weight is 234 g/mol. The van der Waals surface area contributed by atoms with Crippen molar-refractivity contribution in [3.8, 4) is 0 Å². The van der Waals surface area contributed by atoms with E-state index in [-0.39, 0.29) is 0 Å². The van der Waals surface area contributed by atoms with Crippen LogP contribution in [0, 0.1) is 0 Å². The maximum atomic E-state index is 2.34. The van der Waals surface area contributed by atoms with Crippen LogP contribution in [0.1, 0.15) is 25.3 Å². The zero-order valence-electron chi connectivity index (χ0n) is 10.8. The Morgan fingerprint density at radius 2 is 1.56 bits per heavy atom. The number of benzene rings is 3. The standard InChI is InChI=1S/C18H18/c1-2-3-6-14-9-12-18-16(13-14)11-10-15-7-4-5-8-17(15)18/h4-5,7-13H,2-3,6H2,1H3. The Balaban J connectivity index is 2.15. The first-order valence-electron chi connectivity index (χ1n) is 6.79. The number of hydrogen-bond acceptors (Lipinski definition) is 0. The molecule has 0 radical (unpaired) electrons. The van der Waals surface area contributed by atoms with Crippen molar-refractivity contribution in [1.82, 2.24) is 0 Å². The third-order valence-corrected chi connectivity index (χ3v) is 3.63. The summed E-state index contributed by atoms with van der Waals surface area (Å²) in [6.45, 7) is 2.24. The van der Waals surface area contributed by atoms with Crippen LogP contribution in [0.3, 0.4) is 0 Å². The topological polar surface area (TPSA) is 0 Å². The number of fused-ring (bicyclic) bond motifs is 3. The first kappa shape index (κ1) is 11.3. The average Bonchev–Trinajstić information content (AvgIpc) is 2.44. The van der Waals surface area contributed by atoms with Crippen molar-refractivity contribution in [2.75, 3.05) is 0 Å². The third-order valence-electron chi connectivity index (χ3n) is 3.63. The summed E-state index contributed by atoms with van der Waals surface area (Å²) < 4.78 is 0. The maximum Gasteiger partial charge on any atom is -0.0105 e. The Hall–Kier alpha value is -1.82. The molecule has 0 saturated carbocycles. The van der Waals surface area contributed by atoms with E-state index in [1.165, 1.54) is 46.4 Å². The molecule has 3 aromatic rings. The second-order valence-corrected chi connectivity index (χ2v) is 4.95. The Morgan fingerprint density at radius 3 is 2.44 bits per heavy atom. The van der Waals surface area contributed by atoms with Crippen molar-refractivity contribution >= 4 is 21.5 Å². The Bertz CT molecular complexity index is 680. The van der Waals surface area contributed by atoms with Gasteiger partial charge in [-0.2, -0.15) is 0 Å². The molecule has 0 saturated heterocycles. The fourth-order valence-electron chi connectivity index (χ4n) is 2.60. The SMILES string of the molecule is CCCCc1ccc2c(ccc3ccccc32)c1. The molecule has 0 amide bonds. The molecule has 0 bridgehead atoms. The molecule has 0 aliphatic rings. The molecular formula is C18H18. The Kier molecular flexibility index (Phi) is 3.02. The predicted molar refractivity (Wildman–Crippen MR) is 80.1 cm³/mol. The van der Waals surface area contributed by atoms with Crippen LogP contribution in [-0.2, 0) is 6.42 Å². The molecular weight excluding hydrogens is 216 g/mol. The van der Waals surface area contributed by atoms with Crippen molar-refractivity contribution < 1.29 is 0 Å². The lowest BCUT2D eigenvalue weighted by atomic mass is 9.98. The van der Waals surface area contributed by atoms with Crippen LogP contribution < -0.4 is 0 Å². The van der Waals surface area contributed by atoms with Crippen LogP contribution in [0.5, 0.6) is 0 Å². The van der Waals surface area contributed by atoms with Gasteiger partial charge < -0.3 is 0 Å². The highest BCUT2D eigenvalue weighted by Crippen LogP contribution is 2.26. The highest BCUT2D eigenvalue weighted by atomic mass is 14.1. The van der Waals surface area contributed by atoms with Crippen LogP contribution in [0.4, 0.5) is 0 Å². The van der Waals surface area contributed by atoms with Gasteiger partial charge in [-0.3, -0.25) is 0 Å². The minimum absolute atomic E-state index is 1.19. The van der Waals surface area contributed by atoms with Crippen LogP contribution in [-0.4, -0.2) is 0 Å². The van der Waals surface area contributed by atoms with Crippen molar-refractivity contribution in [2.24, 2.45) is 0 Å². The van der Waals surface area contributed by atoms with Gasteiger partial charge in [-0.05, 0) is 39.9 Å². The lowest BCUT2D eigenvalue weighted by molar-refractivity contribution is 0.796. The van der Waals surface area contributed by atoms with Gasteiger partial charge in [0, 0.05) is 0 Å². The molecule has 3 aromatic carbocycles. The van der Waals surface area contributed by atoms with Crippen LogP contribution in [0.15, 0.2) is 54.6 Å². The van der Waals surface area contributed by atoms with E-state index in [2.05, 4.69) is 61.5 Å². The van der Waals surface area contributed by atoms with E-state index in [1.54, 1.807) is 0 Å². The van der Waals surface area contributed by atoms with E-state index in [1.807, 2.05) is 0 Å². The van der Waals surface area contributed by atoms with Crippen LogP contribution in [0.2, 0.25) is 0 Å². The molecule has 0 fully saturated rings. The van der Waals surface area contributed by atoms with Crippen molar-refractivity contribution in [1.29, 1.82) is 0 Å². The molecule has 0 spiro atoms. The molecule has 0 heteroatoms. The summed E-state index contributed by atoms with van der Waals surface area (Å²) in [4.78, 5) is 0. The zero-order valence-corrected chi connectivity index (χ0v) is 10.8. The van der Waals surface area contributed by atoms with E-state index in [0.717, 1.165) is 0 Å². The first-order valence-corrected chi connectivity index (χ1v) is 6.79. The maximum absolute atomic E-state index is 2.34. The highest BCUT2D eigenvalue weighted by Gasteiger charge is 2.01. The molecule has 0 aliphatic heterocycles. The minimum Gasteiger partial charge on any atom is -0.0654 e. The second kappa shape index (κ2) is 4.81. The molecule has 0 nitrogen and oxygen atoms in total. The van der Waals surface area contributed by atoms with Crippen molar-refractivity contribution in [3.05, 3.63) is 60.2 Å². The summed E-state index contributed by atoms with van der Waals surface area (Å²) in [5.41, 5.74) is 1.46. The lowest BCUT2D eigenvalue weighted by Gasteiger charge is -2.06. The largest absolute Gasteiger partial charge is 0.0654 e. The smallest absolute Gasteiger partial charge is 0.0105 e. The molecule has 0 unspecified atom stereocenters. The molecule has 90 valence electrons. The van der Waals surface area contributed by atoms with Gasteiger partial charge in [0.1, 0.15) is 0 Å². The molecule has 0 N–H and O–H groups in total. The normalized spacial score (nSPS) is 11.2. The summed E-state index contributed by atoms with van der Waals surface area (Å²) in [5.74, 6) is 0. The monoisotopic (exact) mass is 234 g/mol. The molecule has 0 heterocycles. The number of aryl methyl sites for hydroxylation is 1. The summed E-state index contributed by atoms with van der Waals surface area (Å²) in [7, 11) is 0. The molecule has 0 atom stereocenters. The number of unbranched alkanes of at least 4 members (excludes halogenated alkanes) is 1. The van der Waals surface area contributed by atoms with E-state index in [0.29, 0.717) is 0 Å². The molecule has 3 rings (SSSR count). The van der Waals surface area contributed by atoms with Gasteiger partial charge in [0.2, 0.25) is 0 Å². The first-order chi connectivity index (χ1) is 8.88. The minimum atomic E-state index is 1.19. The summed E-state index contributed by atoms with van der Waals surface area (Å²) in [6.07, 6.45) is 3.73. The zero-order chi connectivity index (χ0) is 12.4. The number of hydrogen-bond donors (Lipinski definition) is 0. The van der Waals surface area contributed by atoms with Gasteiger partial charge in [-0.1, -0.05) is 67.9 Å². The van der Waals surface area contributed by atoms with E-state index >= 15 is 0 Å². The molecule has 18 heavy (non-hydrogen) atoms. The van der Waals surface area contributed by atoms with Gasteiger partial charge in [0.25, 0.3) is 0 Å². The van der Waals surface area contributed by atoms with Crippen LogP contribution in [0.25, 0.3) is 21.5 Å². The Morgan fingerprint density at radius 1 is 0.778 bits per heavy atom. The van der Waals surface area contributed by atoms with E-state index in [9.17, 15) is 0 Å². The van der Waals surface area contributed by atoms with Gasteiger partial charge >= 0.3 is 0 Å². The van der Waals surface area contributed by atoms with Gasteiger partial charge in [0.15, 0.2) is 0 Å². The fourth-order valence-corrected chi connectivity index (χ4v) is 2.60. The summed E-state index contributed by atoms with van der Waals surface area (Å²) in [6, 6.07) is 20.0. The van der Waals surface area contributed by atoms with Crippen LogP contribution >= 0.6 is 0 Å². The molecule has 0 aliphatic carbocycles. The Labute approximate surface area is 108 Å². The van der Waals surface area contributed by atoms with Gasteiger partial charge in [-0.15, -0.1) is 0 Å².